The van der Waals surface area contributed by atoms with Gasteiger partial charge in [0.05, 0.1) is 0 Å². The molecular formula is C7H7O3P. The zero-order valence-corrected chi connectivity index (χ0v) is 6.77. The van der Waals surface area contributed by atoms with Crippen LogP contribution in [0.5, 0.6) is 11.5 Å². The molecule has 1 atom stereocenters. The molecule has 4 heteroatoms. The van der Waals surface area contributed by atoms with E-state index in [-0.39, 0.29) is 11.5 Å². The molecule has 1 rings (SSSR count). The lowest BCUT2D eigenvalue weighted by Gasteiger charge is -2.02. The van der Waals surface area contributed by atoms with Gasteiger partial charge < -0.3 is 10.2 Å². The summed E-state index contributed by atoms with van der Waals surface area (Å²) in [5.74, 6) is -0.486. The topological polar surface area (TPSA) is 57.5 Å². The van der Waals surface area contributed by atoms with Gasteiger partial charge in [-0.15, -0.1) is 9.24 Å². The molecule has 11 heavy (non-hydrogen) atoms. The minimum absolute atomic E-state index is 0.222. The van der Waals surface area contributed by atoms with E-state index in [4.69, 9.17) is 10.2 Å². The molecule has 1 unspecified atom stereocenters. The van der Waals surface area contributed by atoms with Gasteiger partial charge in [0.25, 0.3) is 0 Å². The van der Waals surface area contributed by atoms with Crippen molar-refractivity contribution >= 4 is 20.8 Å². The number of phenols is 2. The smallest absolute Gasteiger partial charge is 0.165 e. The quantitative estimate of drug-likeness (QED) is 0.364. The molecular weight excluding hydrogens is 163 g/mol. The van der Waals surface area contributed by atoms with E-state index < -0.39 is 0 Å². The predicted molar refractivity (Wildman–Crippen MR) is 44.5 cm³/mol. The van der Waals surface area contributed by atoms with Gasteiger partial charge in [0.2, 0.25) is 0 Å². The number of aldehydes is 1. The Morgan fingerprint density at radius 2 is 2.00 bits per heavy atom. The van der Waals surface area contributed by atoms with E-state index in [1.807, 2.05) is 0 Å². The minimum Gasteiger partial charge on any atom is -0.504 e. The van der Waals surface area contributed by atoms with Gasteiger partial charge in [-0.25, -0.2) is 0 Å². The van der Waals surface area contributed by atoms with E-state index in [2.05, 4.69) is 9.24 Å². The van der Waals surface area contributed by atoms with Gasteiger partial charge in [0.15, 0.2) is 17.8 Å². The predicted octanol–water partition coefficient (Wildman–Crippen LogP) is 0.411. The Kier molecular flexibility index (Phi) is 2.11. The molecule has 0 aliphatic heterocycles. The summed E-state index contributed by atoms with van der Waals surface area (Å²) in [6.07, 6.45) is 0.613. The van der Waals surface area contributed by atoms with Crippen molar-refractivity contribution in [1.29, 1.82) is 0 Å². The van der Waals surface area contributed by atoms with Crippen molar-refractivity contribution in [2.75, 3.05) is 0 Å². The highest BCUT2D eigenvalue weighted by Crippen LogP contribution is 2.24. The van der Waals surface area contributed by atoms with Gasteiger partial charge in [0.1, 0.15) is 0 Å². The number of aromatic hydroxyl groups is 2. The Morgan fingerprint density at radius 3 is 2.55 bits per heavy atom. The third-order valence-electron chi connectivity index (χ3n) is 1.36. The molecule has 2 N–H and O–H groups in total. The number of phenolic OH excluding ortho intramolecular Hbond substituents is 2. The maximum atomic E-state index is 10.3. The average Bonchev–Trinajstić information content (AvgIpc) is 2.01. The first-order chi connectivity index (χ1) is 5.16. The Morgan fingerprint density at radius 1 is 1.36 bits per heavy atom. The van der Waals surface area contributed by atoms with E-state index in [0.717, 1.165) is 0 Å². The Balaban J connectivity index is 3.36. The van der Waals surface area contributed by atoms with Crippen LogP contribution in [0.1, 0.15) is 10.4 Å². The molecule has 0 saturated heterocycles. The second-order valence-electron chi connectivity index (χ2n) is 2.05. The van der Waals surface area contributed by atoms with Crippen LogP contribution in [0.2, 0.25) is 0 Å². The second-order valence-corrected chi connectivity index (χ2v) is 2.63. The number of benzene rings is 1. The van der Waals surface area contributed by atoms with Crippen molar-refractivity contribution in [3.05, 3.63) is 17.7 Å². The number of hydrogen-bond donors (Lipinski definition) is 2. The van der Waals surface area contributed by atoms with Crippen molar-refractivity contribution in [1.82, 2.24) is 0 Å². The lowest BCUT2D eigenvalue weighted by atomic mass is 10.2. The van der Waals surface area contributed by atoms with Gasteiger partial charge in [0, 0.05) is 10.9 Å². The highest BCUT2D eigenvalue weighted by Gasteiger charge is 2.06. The van der Waals surface area contributed by atoms with Gasteiger partial charge >= 0.3 is 0 Å². The van der Waals surface area contributed by atoms with Crippen molar-refractivity contribution < 1.29 is 15.0 Å². The monoisotopic (exact) mass is 170 g/mol. The largest absolute Gasteiger partial charge is 0.504 e. The fourth-order valence-corrected chi connectivity index (χ4v) is 1.03. The van der Waals surface area contributed by atoms with Gasteiger partial charge in [-0.1, -0.05) is 0 Å². The molecule has 0 aliphatic rings. The Bertz CT molecular complexity index is 296. The van der Waals surface area contributed by atoms with E-state index in [9.17, 15) is 4.79 Å². The Labute approximate surface area is 65.9 Å². The first kappa shape index (κ1) is 8.02. The summed E-state index contributed by atoms with van der Waals surface area (Å²) in [6.45, 7) is 0. The van der Waals surface area contributed by atoms with Crippen LogP contribution in [0.25, 0.3) is 0 Å². The third-order valence-corrected chi connectivity index (χ3v) is 1.96. The summed E-state index contributed by atoms with van der Waals surface area (Å²) in [5, 5.41) is 18.3. The van der Waals surface area contributed by atoms with Crippen molar-refractivity contribution in [3.8, 4) is 11.5 Å². The first-order valence-electron chi connectivity index (χ1n) is 2.92. The van der Waals surface area contributed by atoms with Crippen LogP contribution in [-0.2, 0) is 0 Å². The molecule has 1 aromatic rings. The van der Waals surface area contributed by atoms with E-state index in [1.165, 1.54) is 12.1 Å². The number of carbonyl (C=O) groups is 1. The molecule has 3 nitrogen and oxygen atoms in total. The highest BCUT2D eigenvalue weighted by atomic mass is 31.0. The summed E-state index contributed by atoms with van der Waals surface area (Å²) in [7, 11) is 2.18. The van der Waals surface area contributed by atoms with Gasteiger partial charge in [-0.05, 0) is 12.1 Å². The lowest BCUT2D eigenvalue weighted by Crippen LogP contribution is -2.00. The summed E-state index contributed by atoms with van der Waals surface area (Å²) in [6, 6.07) is 2.71. The van der Waals surface area contributed by atoms with Crippen LogP contribution in [0.4, 0.5) is 0 Å². The molecule has 0 aromatic heterocycles. The van der Waals surface area contributed by atoms with Crippen LogP contribution in [-0.4, -0.2) is 16.5 Å². The molecule has 0 spiro atoms. The van der Waals surface area contributed by atoms with E-state index in [1.54, 1.807) is 0 Å². The van der Waals surface area contributed by atoms with E-state index >= 15 is 0 Å². The summed E-state index contributed by atoms with van der Waals surface area (Å²) in [5.41, 5.74) is 0.352. The van der Waals surface area contributed by atoms with Gasteiger partial charge in [-0.2, -0.15) is 0 Å². The Hall–Kier alpha value is -1.08. The zero-order chi connectivity index (χ0) is 8.43. The average molecular weight is 170 g/mol. The first-order valence-corrected chi connectivity index (χ1v) is 3.50. The number of carbonyl (C=O) groups excluding carboxylic acids is 1. The van der Waals surface area contributed by atoms with Crippen molar-refractivity contribution in [3.63, 3.8) is 0 Å². The van der Waals surface area contributed by atoms with Gasteiger partial charge in [-0.3, -0.25) is 4.79 Å². The van der Waals surface area contributed by atoms with Crippen molar-refractivity contribution in [2.45, 2.75) is 0 Å². The van der Waals surface area contributed by atoms with Crippen LogP contribution in [0.3, 0.4) is 0 Å². The highest BCUT2D eigenvalue weighted by molar-refractivity contribution is 7.28. The van der Waals surface area contributed by atoms with Crippen LogP contribution in [0, 0.1) is 0 Å². The van der Waals surface area contributed by atoms with Crippen LogP contribution in [0.15, 0.2) is 12.1 Å². The number of hydrogen-bond acceptors (Lipinski definition) is 3. The molecule has 58 valence electrons. The van der Waals surface area contributed by atoms with Crippen LogP contribution >= 0.6 is 9.24 Å². The molecule has 0 aliphatic carbocycles. The summed E-state index contributed by atoms with van der Waals surface area (Å²) < 4.78 is 0. The SMILES string of the molecule is O=Cc1ccc(O)c(O)c1P. The number of rotatable bonds is 1. The molecule has 0 fully saturated rings. The maximum absolute atomic E-state index is 10.3. The maximum Gasteiger partial charge on any atom is 0.165 e. The standard InChI is InChI=1S/C7H7O3P/c8-3-4-1-2-5(9)6(10)7(4)11/h1-3,9-10H,11H2. The second kappa shape index (κ2) is 2.89. The molecule has 0 radical (unpaired) electrons. The van der Waals surface area contributed by atoms with Crippen molar-refractivity contribution in [2.24, 2.45) is 0 Å². The third kappa shape index (κ3) is 1.33. The zero-order valence-electron chi connectivity index (χ0n) is 5.61. The molecule has 0 amide bonds. The summed E-state index contributed by atoms with van der Waals surface area (Å²) in [4.78, 5) is 10.3. The molecule has 0 saturated carbocycles. The fraction of sp³-hybridized carbons (Fsp3) is 0. The lowest BCUT2D eigenvalue weighted by molar-refractivity contribution is 0.112. The van der Waals surface area contributed by atoms with Crippen LogP contribution < -0.4 is 5.30 Å². The van der Waals surface area contributed by atoms with E-state index in [0.29, 0.717) is 17.2 Å². The summed E-state index contributed by atoms with van der Waals surface area (Å²) >= 11 is 0. The normalized spacial score (nSPS) is 9.55. The fourth-order valence-electron chi connectivity index (χ4n) is 0.715. The molecule has 0 heterocycles. The molecule has 1 aromatic carbocycles. The molecule has 0 bridgehead atoms. The minimum atomic E-state index is -0.264.